The molecule has 0 aliphatic rings. The Bertz CT molecular complexity index is 2310. The van der Waals surface area contributed by atoms with Crippen LogP contribution in [0.4, 0.5) is 0 Å². The first-order valence-electron chi connectivity index (χ1n) is 18.6. The summed E-state index contributed by atoms with van der Waals surface area (Å²) >= 11 is 0. The van der Waals surface area contributed by atoms with Crippen molar-refractivity contribution in [2.75, 3.05) is 7.11 Å². The minimum absolute atomic E-state index is 0.0163. The summed E-state index contributed by atoms with van der Waals surface area (Å²) in [4.78, 5) is 22.2. The van der Waals surface area contributed by atoms with Gasteiger partial charge in [-0.1, -0.05) is 96.8 Å². The molecule has 4 aromatic carbocycles. The molecule has 0 saturated carbocycles. The van der Waals surface area contributed by atoms with Crippen LogP contribution in [-0.4, -0.2) is 34.4 Å². The van der Waals surface area contributed by atoms with Gasteiger partial charge < -0.3 is 33.6 Å². The first-order chi connectivity index (χ1) is 28.0. The highest BCUT2D eigenvalue weighted by atomic mass is 16.5. The molecule has 0 amide bonds. The number of benzene rings is 4. The van der Waals surface area contributed by atoms with E-state index >= 15 is 0 Å². The van der Waals surface area contributed by atoms with E-state index in [9.17, 15) is 9.59 Å². The largest absolute Gasteiger partial charge is 0.508 e. The third-order valence-electron chi connectivity index (χ3n) is 8.91. The van der Waals surface area contributed by atoms with Crippen LogP contribution in [0, 0.1) is 37.5 Å². The van der Waals surface area contributed by atoms with Crippen LogP contribution in [0.3, 0.4) is 0 Å². The monoisotopic (exact) mass is 780 g/mol. The van der Waals surface area contributed by atoms with E-state index in [1.807, 2.05) is 111 Å². The third kappa shape index (κ3) is 13.4. The molecule has 0 radical (unpaired) electrons. The molecule has 2 heterocycles. The van der Waals surface area contributed by atoms with Gasteiger partial charge in [-0.05, 0) is 75.2 Å². The Morgan fingerprint density at radius 2 is 1.14 bits per heavy atom. The van der Waals surface area contributed by atoms with Crippen LogP contribution in [0.2, 0.25) is 0 Å². The molecule has 3 N–H and O–H groups in total. The number of esters is 1. The Morgan fingerprint density at radius 1 is 0.672 bits per heavy atom. The zero-order valence-corrected chi connectivity index (χ0v) is 33.3. The quantitative estimate of drug-likeness (QED) is 0.0818. The predicted molar refractivity (Wildman–Crippen MR) is 224 cm³/mol. The first-order valence-corrected chi connectivity index (χ1v) is 18.6. The van der Waals surface area contributed by atoms with Gasteiger partial charge in [0, 0.05) is 22.3 Å². The van der Waals surface area contributed by atoms with Gasteiger partial charge in [0.1, 0.15) is 41.1 Å². The topological polar surface area (TPSA) is 140 Å². The summed E-state index contributed by atoms with van der Waals surface area (Å²) < 4.78 is 21.9. The molecular weight excluding hydrogens is 733 g/mol. The third-order valence-corrected chi connectivity index (χ3v) is 8.91. The maximum absolute atomic E-state index is 11.2. The number of furan rings is 2. The molecule has 0 aliphatic heterocycles. The number of carbonyl (C=O) groups excluding carboxylic acids is 1. The molecule has 0 bridgehead atoms. The van der Waals surface area contributed by atoms with E-state index in [0.717, 1.165) is 56.4 Å². The second-order valence-electron chi connectivity index (χ2n) is 13.0. The van der Waals surface area contributed by atoms with Crippen molar-refractivity contribution in [1.82, 2.24) is 0 Å². The highest BCUT2D eigenvalue weighted by Gasteiger charge is 2.15. The van der Waals surface area contributed by atoms with Gasteiger partial charge in [-0.15, -0.1) is 11.8 Å². The Hall–Kier alpha value is -6.94. The van der Waals surface area contributed by atoms with Crippen molar-refractivity contribution in [3.05, 3.63) is 155 Å². The van der Waals surface area contributed by atoms with Gasteiger partial charge in [0.15, 0.2) is 0 Å². The van der Waals surface area contributed by atoms with E-state index in [2.05, 4.69) is 28.4 Å². The van der Waals surface area contributed by atoms with Crippen LogP contribution in [0.5, 0.6) is 11.5 Å². The number of phenolic OH excluding ortho intramolecular Hbond substituents is 1. The lowest BCUT2D eigenvalue weighted by atomic mass is 9.96. The number of aromatic hydroxyl groups is 1. The number of hydrogen-bond acceptors (Lipinski definition) is 8. The maximum Gasteiger partial charge on any atom is 0.307 e. The number of aliphatic hydroxyl groups excluding tert-OH is 1. The molecule has 0 aliphatic carbocycles. The summed E-state index contributed by atoms with van der Waals surface area (Å²) in [5.74, 6) is 14.0. The fourth-order valence-corrected chi connectivity index (χ4v) is 5.77. The number of methoxy groups -OCH3 is 1. The zero-order chi connectivity index (χ0) is 41.9. The van der Waals surface area contributed by atoms with Crippen molar-refractivity contribution in [2.45, 2.75) is 65.6 Å². The number of aryl methyl sites for hydroxylation is 2. The lowest BCUT2D eigenvalue weighted by Crippen LogP contribution is -2.07. The number of carboxylic acids is 1. The van der Waals surface area contributed by atoms with Crippen LogP contribution >= 0.6 is 0 Å². The van der Waals surface area contributed by atoms with Gasteiger partial charge in [0.05, 0.1) is 38.4 Å². The Balaban J connectivity index is 0.000000210. The molecule has 9 nitrogen and oxygen atoms in total. The summed E-state index contributed by atoms with van der Waals surface area (Å²) in [5, 5.41) is 27.2. The van der Waals surface area contributed by atoms with Crippen LogP contribution in [0.15, 0.2) is 130 Å². The number of carbonyl (C=O) groups is 2. The molecule has 6 rings (SSSR count). The summed E-state index contributed by atoms with van der Waals surface area (Å²) in [6.45, 7) is 7.65. The number of rotatable bonds is 12. The van der Waals surface area contributed by atoms with Gasteiger partial charge in [-0.25, -0.2) is 0 Å². The van der Waals surface area contributed by atoms with Crippen molar-refractivity contribution < 1.29 is 43.2 Å². The number of aliphatic hydroxyl groups is 1. The summed E-state index contributed by atoms with van der Waals surface area (Å²) in [6, 6.07) is 37.8. The minimum Gasteiger partial charge on any atom is -0.508 e. The van der Waals surface area contributed by atoms with Crippen LogP contribution in [0.1, 0.15) is 72.3 Å². The van der Waals surface area contributed by atoms with E-state index in [1.165, 1.54) is 7.11 Å². The number of ether oxygens (including phenoxy) is 2. The highest BCUT2D eigenvalue weighted by Crippen LogP contribution is 2.28. The lowest BCUT2D eigenvalue weighted by Gasteiger charge is -2.10. The van der Waals surface area contributed by atoms with E-state index in [-0.39, 0.29) is 43.0 Å². The normalized spacial score (nSPS) is 11.1. The first kappa shape index (κ1) is 43.8. The minimum atomic E-state index is -0.863. The second kappa shape index (κ2) is 22.6. The van der Waals surface area contributed by atoms with E-state index in [1.54, 1.807) is 38.1 Å². The van der Waals surface area contributed by atoms with E-state index in [0.29, 0.717) is 12.4 Å². The van der Waals surface area contributed by atoms with Crippen molar-refractivity contribution in [3.8, 4) is 57.8 Å². The summed E-state index contributed by atoms with van der Waals surface area (Å²) in [6.07, 6.45) is 0.208. The summed E-state index contributed by atoms with van der Waals surface area (Å²) in [7, 11) is 1.36. The average Bonchev–Trinajstić information content (AvgIpc) is 3.82. The maximum atomic E-state index is 11.2. The highest BCUT2D eigenvalue weighted by molar-refractivity contribution is 5.71. The van der Waals surface area contributed by atoms with Crippen molar-refractivity contribution in [2.24, 2.45) is 0 Å². The Labute approximate surface area is 339 Å². The smallest absolute Gasteiger partial charge is 0.307 e. The molecule has 2 aromatic heterocycles. The molecule has 6 aromatic rings. The molecule has 298 valence electrons. The molecule has 0 spiro atoms. The number of phenols is 1. The molecular formula is C49H48O9. The molecule has 2 atom stereocenters. The predicted octanol–water partition coefficient (Wildman–Crippen LogP) is 10.2. The lowest BCUT2D eigenvalue weighted by molar-refractivity contribution is -0.141. The van der Waals surface area contributed by atoms with Gasteiger partial charge in [0.2, 0.25) is 0 Å². The van der Waals surface area contributed by atoms with Gasteiger partial charge >= 0.3 is 11.9 Å². The van der Waals surface area contributed by atoms with Crippen molar-refractivity contribution >= 4 is 11.9 Å². The van der Waals surface area contributed by atoms with E-state index in [4.69, 9.17) is 28.9 Å². The second-order valence-corrected chi connectivity index (χ2v) is 13.0. The fourth-order valence-electron chi connectivity index (χ4n) is 5.77. The van der Waals surface area contributed by atoms with Gasteiger partial charge in [-0.2, -0.15) is 0 Å². The van der Waals surface area contributed by atoms with Gasteiger partial charge in [0.25, 0.3) is 0 Å². The molecule has 58 heavy (non-hydrogen) atoms. The summed E-state index contributed by atoms with van der Waals surface area (Å²) in [5.41, 5.74) is 5.68. The molecule has 0 saturated heterocycles. The SMILES string of the molecule is CC#CC(CC(=O)O)c1ccc(OCc2cc(-c3ccccc3)oc2C)cc1.CC#CC(CC(=O)OC)c1ccc(O)cc1.Cc1oc(-c2ccccc2)cc1CO. The van der Waals surface area contributed by atoms with Crippen molar-refractivity contribution in [3.63, 3.8) is 0 Å². The zero-order valence-electron chi connectivity index (χ0n) is 33.3. The number of carboxylic acid groups (broad SMARTS) is 1. The molecule has 0 fully saturated rings. The molecule has 9 heteroatoms. The fraction of sp³-hybridized carbons (Fsp3) is 0.224. The number of aliphatic carboxylic acids is 1. The standard InChI is InChI=1S/C24H22O4.C13H14O3.C12H12O2/c1-3-7-20(15-24(25)26)18-10-12-22(13-11-18)27-16-21-14-23(28-17(21)2)19-8-5-4-6-9-19;1-3-4-11(9-13(15)16-2)10-5-7-12(14)8-6-10;1-9-11(8-13)7-12(14-9)10-5-3-2-4-6-10/h4-6,8-14,20H,15-16H2,1-2H3,(H,25,26);5-8,11,14H,9H2,1-2H3;2-7,13H,8H2,1H3. The van der Waals surface area contributed by atoms with Gasteiger partial charge in [-0.3, -0.25) is 9.59 Å². The van der Waals surface area contributed by atoms with Crippen LogP contribution in [-0.2, 0) is 27.5 Å². The van der Waals surface area contributed by atoms with Crippen LogP contribution in [0.25, 0.3) is 22.6 Å². The van der Waals surface area contributed by atoms with E-state index < -0.39 is 5.97 Å². The van der Waals surface area contributed by atoms with Crippen molar-refractivity contribution in [1.29, 1.82) is 0 Å². The molecule has 2 unspecified atom stereocenters. The average molecular weight is 781 g/mol. The van der Waals surface area contributed by atoms with Crippen LogP contribution < -0.4 is 4.74 Å². The number of hydrogen-bond donors (Lipinski definition) is 3. The Morgan fingerprint density at radius 3 is 1.59 bits per heavy atom. The Kier molecular flexibility index (Phi) is 17.0.